The van der Waals surface area contributed by atoms with Crippen molar-refractivity contribution in [3.8, 4) is 0 Å². The number of aliphatic hydroxyl groups is 1. The molecule has 4 N–H and O–H groups in total. The van der Waals surface area contributed by atoms with Crippen molar-refractivity contribution >= 4 is 5.91 Å². The van der Waals surface area contributed by atoms with E-state index in [0.717, 1.165) is 6.07 Å². The third-order valence-corrected chi connectivity index (χ3v) is 3.53. The Bertz CT molecular complexity index is 558. The molecule has 7 nitrogen and oxygen atoms in total. The molecule has 1 saturated carbocycles. The molecule has 1 aromatic heterocycles. The molecular formula is C11H15N3O4. The Morgan fingerprint density at radius 3 is 2.61 bits per heavy atom. The van der Waals surface area contributed by atoms with E-state index in [2.05, 4.69) is 10.3 Å². The second-order valence-corrected chi connectivity index (χ2v) is 5.10. The molecule has 1 aliphatic carbocycles. The van der Waals surface area contributed by atoms with E-state index in [4.69, 9.17) is 0 Å². The van der Waals surface area contributed by atoms with E-state index in [1.165, 1.54) is 0 Å². The molecule has 0 aromatic carbocycles. The number of nitrogens with one attached hydrogen (secondary N) is 3. The van der Waals surface area contributed by atoms with E-state index in [1.54, 1.807) is 0 Å². The first-order valence-electron chi connectivity index (χ1n) is 5.63. The molecular weight excluding hydrogens is 238 g/mol. The van der Waals surface area contributed by atoms with Crippen LogP contribution in [0.5, 0.6) is 0 Å². The summed E-state index contributed by atoms with van der Waals surface area (Å²) in [6, 6.07) is 0.849. The molecule has 1 aromatic rings. The van der Waals surface area contributed by atoms with Crippen molar-refractivity contribution in [3.05, 3.63) is 32.6 Å². The van der Waals surface area contributed by atoms with Gasteiger partial charge in [0.05, 0.1) is 6.10 Å². The Morgan fingerprint density at radius 2 is 2.11 bits per heavy atom. The van der Waals surface area contributed by atoms with E-state index >= 15 is 0 Å². The van der Waals surface area contributed by atoms with Gasteiger partial charge >= 0.3 is 5.69 Å². The van der Waals surface area contributed by atoms with Crippen LogP contribution >= 0.6 is 0 Å². The normalized spacial score (nSPS) is 25.3. The Morgan fingerprint density at radius 1 is 1.44 bits per heavy atom. The number of hydrogen-bond acceptors (Lipinski definition) is 4. The van der Waals surface area contributed by atoms with Gasteiger partial charge in [0.15, 0.2) is 0 Å². The van der Waals surface area contributed by atoms with Gasteiger partial charge < -0.3 is 15.4 Å². The van der Waals surface area contributed by atoms with Gasteiger partial charge in [0.2, 0.25) is 0 Å². The van der Waals surface area contributed by atoms with Crippen LogP contribution < -0.4 is 16.6 Å². The van der Waals surface area contributed by atoms with Crippen LogP contribution in [-0.2, 0) is 0 Å². The Kier molecular flexibility index (Phi) is 2.86. The number of aliphatic hydroxyl groups excluding tert-OH is 1. The molecule has 7 heteroatoms. The summed E-state index contributed by atoms with van der Waals surface area (Å²) in [4.78, 5) is 38.2. The highest BCUT2D eigenvalue weighted by Crippen LogP contribution is 2.40. The maximum atomic E-state index is 11.8. The van der Waals surface area contributed by atoms with Crippen LogP contribution in [0.3, 0.4) is 0 Å². The molecule has 0 radical (unpaired) electrons. The summed E-state index contributed by atoms with van der Waals surface area (Å²) in [5.74, 6) is -0.525. The lowest BCUT2D eigenvalue weighted by atomic mass is 9.64. The summed E-state index contributed by atoms with van der Waals surface area (Å²) < 4.78 is 0. The molecule has 0 bridgehead atoms. The highest BCUT2D eigenvalue weighted by molar-refractivity contribution is 5.92. The molecule has 0 aliphatic heterocycles. The maximum Gasteiger partial charge on any atom is 0.326 e. The largest absolute Gasteiger partial charge is 0.392 e. The highest BCUT2D eigenvalue weighted by atomic mass is 16.3. The predicted octanol–water partition coefficient (Wildman–Crippen LogP) is -1.05. The van der Waals surface area contributed by atoms with Gasteiger partial charge in [-0.05, 0) is 6.42 Å². The summed E-state index contributed by atoms with van der Waals surface area (Å²) in [6.07, 6.45) is 0.00706. The van der Waals surface area contributed by atoms with Gasteiger partial charge in [0, 0.05) is 17.5 Å². The van der Waals surface area contributed by atoms with Crippen LogP contribution in [0.25, 0.3) is 0 Å². The molecule has 2 unspecified atom stereocenters. The lowest BCUT2D eigenvalue weighted by Gasteiger charge is -2.49. The van der Waals surface area contributed by atoms with Gasteiger partial charge in [-0.2, -0.15) is 0 Å². The summed E-state index contributed by atoms with van der Waals surface area (Å²) in [5, 5.41) is 12.2. The molecule has 1 fully saturated rings. The Hall–Kier alpha value is -1.89. The second kappa shape index (κ2) is 4.09. The molecule has 18 heavy (non-hydrogen) atoms. The van der Waals surface area contributed by atoms with Gasteiger partial charge in [-0.3, -0.25) is 14.6 Å². The fourth-order valence-corrected chi connectivity index (χ4v) is 1.97. The zero-order valence-corrected chi connectivity index (χ0v) is 10.1. The van der Waals surface area contributed by atoms with Gasteiger partial charge in [-0.1, -0.05) is 13.8 Å². The summed E-state index contributed by atoms with van der Waals surface area (Å²) in [5.41, 5.74) is -1.84. The van der Waals surface area contributed by atoms with Gasteiger partial charge in [0.25, 0.3) is 11.5 Å². The zero-order valence-electron chi connectivity index (χ0n) is 10.1. The minimum absolute atomic E-state index is 0.0825. The minimum Gasteiger partial charge on any atom is -0.392 e. The van der Waals surface area contributed by atoms with E-state index in [9.17, 15) is 19.5 Å². The van der Waals surface area contributed by atoms with Crippen molar-refractivity contribution in [2.45, 2.75) is 32.4 Å². The van der Waals surface area contributed by atoms with Crippen molar-refractivity contribution in [1.29, 1.82) is 0 Å². The fraction of sp³-hybridized carbons (Fsp3) is 0.545. The summed E-state index contributed by atoms with van der Waals surface area (Å²) in [7, 11) is 0. The highest BCUT2D eigenvalue weighted by Gasteiger charge is 2.48. The van der Waals surface area contributed by atoms with Gasteiger partial charge in [-0.25, -0.2) is 4.79 Å². The number of amides is 1. The molecule has 0 spiro atoms. The number of hydrogen-bond donors (Lipinski definition) is 4. The van der Waals surface area contributed by atoms with Crippen molar-refractivity contribution in [2.75, 3.05) is 0 Å². The Balaban J connectivity index is 2.14. The number of aromatic amines is 2. The molecule has 1 amide bonds. The van der Waals surface area contributed by atoms with Gasteiger partial charge in [0.1, 0.15) is 5.69 Å². The first-order valence-corrected chi connectivity index (χ1v) is 5.63. The van der Waals surface area contributed by atoms with Crippen molar-refractivity contribution < 1.29 is 9.90 Å². The van der Waals surface area contributed by atoms with E-state index < -0.39 is 28.7 Å². The average molecular weight is 253 g/mol. The second-order valence-electron chi connectivity index (χ2n) is 5.10. The molecule has 2 atom stereocenters. The van der Waals surface area contributed by atoms with Crippen molar-refractivity contribution in [3.63, 3.8) is 0 Å². The smallest absolute Gasteiger partial charge is 0.326 e. The van der Waals surface area contributed by atoms with E-state index in [1.807, 2.05) is 18.8 Å². The van der Waals surface area contributed by atoms with Gasteiger partial charge in [-0.15, -0.1) is 0 Å². The van der Waals surface area contributed by atoms with Crippen LogP contribution in [0.2, 0.25) is 0 Å². The van der Waals surface area contributed by atoms with E-state index in [-0.39, 0.29) is 11.7 Å². The lowest BCUT2D eigenvalue weighted by molar-refractivity contribution is -0.0690. The van der Waals surface area contributed by atoms with Crippen LogP contribution in [0.15, 0.2) is 15.7 Å². The number of aromatic nitrogens is 2. The monoisotopic (exact) mass is 253 g/mol. The number of carbonyl (C=O) groups is 1. The number of carbonyl (C=O) groups excluding carboxylic acids is 1. The fourth-order valence-electron chi connectivity index (χ4n) is 1.97. The third-order valence-electron chi connectivity index (χ3n) is 3.53. The quantitative estimate of drug-likeness (QED) is 0.538. The maximum absolute atomic E-state index is 11.8. The minimum atomic E-state index is -0.722. The standard InChI is InChI=1S/C11H15N3O4/c1-11(2)6(4-7(11)15)13-9(17)5-3-8(16)14-10(18)12-5/h3,6-7,15H,4H2,1-2H3,(H,13,17)(H2,12,14,16,18). The summed E-state index contributed by atoms with van der Waals surface area (Å²) >= 11 is 0. The Labute approximate surface area is 102 Å². The lowest BCUT2D eigenvalue weighted by Crippen LogP contribution is -2.61. The van der Waals surface area contributed by atoms with Crippen molar-refractivity contribution in [1.82, 2.24) is 15.3 Å². The van der Waals surface area contributed by atoms with Crippen molar-refractivity contribution in [2.24, 2.45) is 5.41 Å². The zero-order chi connectivity index (χ0) is 13.5. The summed E-state index contributed by atoms with van der Waals surface area (Å²) in [6.45, 7) is 3.68. The number of rotatable bonds is 2. The first kappa shape index (κ1) is 12.6. The molecule has 98 valence electrons. The van der Waals surface area contributed by atoms with Crippen LogP contribution in [0, 0.1) is 5.41 Å². The molecule has 2 rings (SSSR count). The van der Waals surface area contributed by atoms with Crippen LogP contribution in [0.1, 0.15) is 30.8 Å². The van der Waals surface area contributed by atoms with Crippen LogP contribution in [0.4, 0.5) is 0 Å². The predicted molar refractivity (Wildman–Crippen MR) is 63.3 cm³/mol. The first-order chi connectivity index (χ1) is 8.30. The topological polar surface area (TPSA) is 115 Å². The molecule has 0 saturated heterocycles. The van der Waals surface area contributed by atoms with E-state index in [0.29, 0.717) is 6.42 Å². The SMILES string of the molecule is CC1(C)C(O)CC1NC(=O)c1cc(=O)[nH]c(=O)[nH]1. The third kappa shape index (κ3) is 2.08. The van der Waals surface area contributed by atoms with Crippen LogP contribution in [-0.4, -0.2) is 33.1 Å². The average Bonchev–Trinajstić information content (AvgIpc) is 2.27. The molecule has 1 aliphatic rings. The molecule has 1 heterocycles. The number of H-pyrrole nitrogens is 2.